The Bertz CT molecular complexity index is 756. The molecule has 0 amide bonds. The molecule has 1 N–H and O–H groups in total. The van der Waals surface area contributed by atoms with Crippen LogP contribution in [-0.4, -0.2) is 18.3 Å². The van der Waals surface area contributed by atoms with Gasteiger partial charge in [0.05, 0.1) is 6.10 Å². The van der Waals surface area contributed by atoms with E-state index in [1.165, 1.54) is 6.07 Å². The summed E-state index contributed by atoms with van der Waals surface area (Å²) in [6, 6.07) is 3.09. The Labute approximate surface area is 154 Å². The maximum Gasteiger partial charge on any atom is 0.387 e. The van der Waals surface area contributed by atoms with E-state index in [-0.39, 0.29) is 27.6 Å². The molecule has 2 rings (SSSR count). The number of rotatable bonds is 7. The van der Waals surface area contributed by atoms with Crippen molar-refractivity contribution in [3.63, 3.8) is 0 Å². The Kier molecular flexibility index (Phi) is 6.74. The molecule has 0 aliphatic heterocycles. The van der Waals surface area contributed by atoms with Crippen LogP contribution in [-0.2, 0) is 6.42 Å². The van der Waals surface area contributed by atoms with Crippen LogP contribution in [0.5, 0.6) is 11.5 Å². The number of aliphatic hydroxyl groups excluding tert-OH is 1. The minimum atomic E-state index is -3.28. The van der Waals surface area contributed by atoms with Crippen LogP contribution in [0, 0.1) is 5.21 Å². The number of hydrogen-bond acceptors (Lipinski definition) is 4. The van der Waals surface area contributed by atoms with Crippen molar-refractivity contribution in [3.05, 3.63) is 57.0 Å². The molecule has 0 saturated carbocycles. The van der Waals surface area contributed by atoms with E-state index in [1.807, 2.05) is 0 Å². The van der Waals surface area contributed by atoms with Crippen LogP contribution in [0.3, 0.4) is 0 Å². The molecule has 142 valence electrons. The first kappa shape index (κ1) is 20.3. The van der Waals surface area contributed by atoms with Gasteiger partial charge in [-0.05, 0) is 17.7 Å². The predicted molar refractivity (Wildman–Crippen MR) is 83.8 cm³/mol. The molecule has 5 nitrogen and oxygen atoms in total. The molecule has 0 fully saturated rings. The third kappa shape index (κ3) is 5.26. The summed E-state index contributed by atoms with van der Waals surface area (Å²) < 4.78 is 58.2. The number of pyridine rings is 1. The smallest absolute Gasteiger partial charge is 0.387 e. The SMILES string of the molecule is [O-][n+]1cc(Cl)c(C[C@@H](O)c2ccc(OC(F)F)c(OC(F)F)c2)c(Cl)c1. The summed E-state index contributed by atoms with van der Waals surface area (Å²) in [6.45, 7) is -6.53. The fourth-order valence-corrected chi connectivity index (χ4v) is 2.75. The first-order valence-corrected chi connectivity index (χ1v) is 7.71. The molecule has 0 bridgehead atoms. The first-order chi connectivity index (χ1) is 12.2. The highest BCUT2D eigenvalue weighted by Gasteiger charge is 2.20. The molecule has 1 aromatic carbocycles. The summed E-state index contributed by atoms with van der Waals surface area (Å²) in [4.78, 5) is 0. The second kappa shape index (κ2) is 8.61. The van der Waals surface area contributed by atoms with Gasteiger partial charge >= 0.3 is 13.2 Å². The van der Waals surface area contributed by atoms with Gasteiger partial charge in [0.1, 0.15) is 10.0 Å². The number of ether oxygens (including phenoxy) is 2. The number of aromatic nitrogens is 1. The van der Waals surface area contributed by atoms with Gasteiger partial charge in [-0.2, -0.15) is 22.3 Å². The number of alkyl halides is 4. The Balaban J connectivity index is 2.30. The van der Waals surface area contributed by atoms with E-state index in [1.54, 1.807) is 0 Å². The highest BCUT2D eigenvalue weighted by molar-refractivity contribution is 6.35. The predicted octanol–water partition coefficient (Wildman–Crippen LogP) is 4.11. The lowest BCUT2D eigenvalue weighted by Crippen LogP contribution is -2.25. The molecule has 26 heavy (non-hydrogen) atoms. The summed E-state index contributed by atoms with van der Waals surface area (Å²) in [7, 11) is 0. The summed E-state index contributed by atoms with van der Waals surface area (Å²) in [5.74, 6) is -1.28. The third-order valence-corrected chi connectivity index (χ3v) is 3.89. The van der Waals surface area contributed by atoms with Gasteiger partial charge in [-0.25, -0.2) is 0 Å². The van der Waals surface area contributed by atoms with Crippen LogP contribution in [0.1, 0.15) is 17.2 Å². The lowest BCUT2D eigenvalue weighted by molar-refractivity contribution is -0.605. The fourth-order valence-electron chi connectivity index (χ4n) is 2.15. The van der Waals surface area contributed by atoms with Gasteiger partial charge in [-0.1, -0.05) is 29.3 Å². The molecule has 11 heteroatoms. The van der Waals surface area contributed by atoms with E-state index in [9.17, 15) is 27.9 Å². The fraction of sp³-hybridized carbons (Fsp3) is 0.267. The van der Waals surface area contributed by atoms with Crippen molar-refractivity contribution >= 4 is 23.2 Å². The zero-order valence-corrected chi connectivity index (χ0v) is 14.2. The van der Waals surface area contributed by atoms with Crippen molar-refractivity contribution in [2.75, 3.05) is 0 Å². The molecule has 0 spiro atoms. The lowest BCUT2D eigenvalue weighted by atomic mass is 10.0. The van der Waals surface area contributed by atoms with Gasteiger partial charge in [0.2, 0.25) is 0 Å². The molecular weight excluding hydrogens is 405 g/mol. The van der Waals surface area contributed by atoms with E-state index >= 15 is 0 Å². The van der Waals surface area contributed by atoms with Crippen LogP contribution < -0.4 is 14.2 Å². The van der Waals surface area contributed by atoms with Crippen LogP contribution >= 0.6 is 23.2 Å². The molecule has 2 aromatic rings. The van der Waals surface area contributed by atoms with Gasteiger partial charge in [-0.15, -0.1) is 0 Å². The van der Waals surface area contributed by atoms with Crippen LogP contribution in [0.15, 0.2) is 30.6 Å². The highest BCUT2D eigenvalue weighted by Crippen LogP contribution is 2.35. The minimum absolute atomic E-state index is 0.00624. The second-order valence-electron chi connectivity index (χ2n) is 4.98. The van der Waals surface area contributed by atoms with E-state index in [4.69, 9.17) is 23.2 Å². The minimum Gasteiger partial charge on any atom is -0.619 e. The van der Waals surface area contributed by atoms with E-state index < -0.39 is 30.8 Å². The average Bonchev–Trinajstić information content (AvgIpc) is 2.51. The number of benzene rings is 1. The van der Waals surface area contributed by atoms with Gasteiger partial charge < -0.3 is 19.8 Å². The summed E-state index contributed by atoms with van der Waals surface area (Å²) in [5.41, 5.74) is 0.311. The number of nitrogens with zero attached hydrogens (tertiary/aromatic N) is 1. The Hall–Kier alpha value is -1.97. The highest BCUT2D eigenvalue weighted by atomic mass is 35.5. The average molecular weight is 416 g/mol. The Morgan fingerprint density at radius 2 is 1.54 bits per heavy atom. The van der Waals surface area contributed by atoms with Crippen molar-refractivity contribution in [2.24, 2.45) is 0 Å². The standard InChI is InChI=1S/C15H11Cl2F4NO4/c16-9-5-22(24)6-10(17)8(9)4-11(23)7-1-2-12(25-14(18)19)13(3-7)26-15(20)21/h1-3,5-6,11,14-15,23H,4H2/t11-/m1/s1. The first-order valence-electron chi connectivity index (χ1n) is 6.95. The van der Waals surface area contributed by atoms with Crippen molar-refractivity contribution in [1.29, 1.82) is 0 Å². The monoisotopic (exact) mass is 415 g/mol. The summed E-state index contributed by atoms with van der Waals surface area (Å²) in [5, 5.41) is 21.5. The molecule has 1 aromatic heterocycles. The van der Waals surface area contributed by atoms with Gasteiger partial charge in [-0.3, -0.25) is 0 Å². The lowest BCUT2D eigenvalue weighted by Gasteiger charge is -2.16. The van der Waals surface area contributed by atoms with Crippen molar-refractivity contribution in [2.45, 2.75) is 25.7 Å². The Morgan fingerprint density at radius 3 is 2.08 bits per heavy atom. The van der Waals surface area contributed by atoms with E-state index in [0.717, 1.165) is 24.5 Å². The maximum atomic E-state index is 12.5. The quantitative estimate of drug-likeness (QED) is 0.419. The van der Waals surface area contributed by atoms with Crippen molar-refractivity contribution in [1.82, 2.24) is 0 Å². The molecule has 1 heterocycles. The molecule has 0 unspecified atom stereocenters. The third-order valence-electron chi connectivity index (χ3n) is 3.24. The van der Waals surface area contributed by atoms with Gasteiger partial charge in [0.15, 0.2) is 23.9 Å². The van der Waals surface area contributed by atoms with Crippen LogP contribution in [0.2, 0.25) is 10.0 Å². The molecule has 0 aliphatic rings. The number of aliphatic hydroxyl groups is 1. The molecule has 0 saturated heterocycles. The molecule has 0 aliphatic carbocycles. The van der Waals surface area contributed by atoms with Crippen LogP contribution in [0.25, 0.3) is 0 Å². The largest absolute Gasteiger partial charge is 0.619 e. The maximum absolute atomic E-state index is 12.5. The molecule has 0 radical (unpaired) electrons. The van der Waals surface area contributed by atoms with Crippen molar-refractivity contribution < 1.29 is 36.9 Å². The van der Waals surface area contributed by atoms with E-state index in [0.29, 0.717) is 4.73 Å². The van der Waals surface area contributed by atoms with Crippen LogP contribution in [0.4, 0.5) is 17.6 Å². The Morgan fingerprint density at radius 1 is 1.00 bits per heavy atom. The van der Waals surface area contributed by atoms with E-state index in [2.05, 4.69) is 9.47 Å². The molecular formula is C15H11Cl2F4NO4. The normalized spacial score (nSPS) is 12.5. The molecule has 1 atom stereocenters. The summed E-state index contributed by atoms with van der Waals surface area (Å²) >= 11 is 11.8. The van der Waals surface area contributed by atoms with Gasteiger partial charge in [0.25, 0.3) is 0 Å². The van der Waals surface area contributed by atoms with Gasteiger partial charge in [0, 0.05) is 12.0 Å². The number of halogens is 6. The zero-order valence-electron chi connectivity index (χ0n) is 12.7. The topological polar surface area (TPSA) is 65.6 Å². The zero-order chi connectivity index (χ0) is 19.4. The van der Waals surface area contributed by atoms with Crippen molar-refractivity contribution in [3.8, 4) is 11.5 Å². The second-order valence-corrected chi connectivity index (χ2v) is 5.79. The summed E-state index contributed by atoms with van der Waals surface area (Å²) in [6.07, 6.45) is 0.593. The number of hydrogen-bond donors (Lipinski definition) is 1.